The molecule has 1 aromatic rings. The van der Waals surface area contributed by atoms with Gasteiger partial charge in [0.1, 0.15) is 0 Å². The summed E-state index contributed by atoms with van der Waals surface area (Å²) in [7, 11) is 0. The van der Waals surface area contributed by atoms with E-state index in [1.807, 2.05) is 11.8 Å². The zero-order chi connectivity index (χ0) is 12.6. The van der Waals surface area contributed by atoms with Crippen LogP contribution in [0.2, 0.25) is 0 Å². The van der Waals surface area contributed by atoms with Crippen LogP contribution in [-0.4, -0.2) is 42.1 Å². The summed E-state index contributed by atoms with van der Waals surface area (Å²) in [5.41, 5.74) is 1.10. The summed E-state index contributed by atoms with van der Waals surface area (Å²) in [5.74, 6) is 0.365. The summed E-state index contributed by atoms with van der Waals surface area (Å²) in [6.07, 6.45) is 3.46. The lowest BCUT2D eigenvalue weighted by Crippen LogP contribution is -2.39. The Labute approximate surface area is 119 Å². The standard InChI is InChI=1S/C13H19N3O2.ClH/c1-10-8-11(18-15-10)12(17)16-7-4-13(9-16)2-5-14-6-3-13;/h8,14H,2-7,9H2,1H3;1H. The molecule has 6 heteroatoms. The van der Waals surface area contributed by atoms with E-state index in [0.29, 0.717) is 11.2 Å². The van der Waals surface area contributed by atoms with Gasteiger partial charge in [0, 0.05) is 19.2 Å². The molecule has 2 aliphatic rings. The van der Waals surface area contributed by atoms with Crippen molar-refractivity contribution >= 4 is 18.3 Å². The van der Waals surface area contributed by atoms with E-state index in [4.69, 9.17) is 4.52 Å². The quantitative estimate of drug-likeness (QED) is 0.852. The second-order valence-electron chi connectivity index (χ2n) is 5.56. The molecule has 1 spiro atoms. The lowest BCUT2D eigenvalue weighted by molar-refractivity contribution is 0.0720. The van der Waals surface area contributed by atoms with Gasteiger partial charge in [0.05, 0.1) is 5.69 Å². The van der Waals surface area contributed by atoms with E-state index in [1.165, 1.54) is 12.8 Å². The Bertz CT molecular complexity index is 454. The molecule has 0 radical (unpaired) electrons. The summed E-state index contributed by atoms with van der Waals surface area (Å²) in [6, 6.07) is 1.72. The fourth-order valence-corrected chi connectivity index (χ4v) is 3.09. The number of carbonyl (C=O) groups excluding carboxylic acids is 1. The first-order valence-corrected chi connectivity index (χ1v) is 6.62. The van der Waals surface area contributed by atoms with E-state index in [-0.39, 0.29) is 18.3 Å². The van der Waals surface area contributed by atoms with Crippen LogP contribution < -0.4 is 5.32 Å². The number of halogens is 1. The zero-order valence-corrected chi connectivity index (χ0v) is 12.0. The van der Waals surface area contributed by atoms with Gasteiger partial charge in [-0.1, -0.05) is 5.16 Å². The maximum atomic E-state index is 12.3. The number of likely N-dealkylation sites (tertiary alicyclic amines) is 1. The molecule has 0 aliphatic carbocycles. The van der Waals surface area contributed by atoms with Crippen molar-refractivity contribution in [2.75, 3.05) is 26.2 Å². The molecule has 3 heterocycles. The van der Waals surface area contributed by atoms with Crippen LogP contribution in [0.5, 0.6) is 0 Å². The molecule has 2 fully saturated rings. The maximum Gasteiger partial charge on any atom is 0.292 e. The molecule has 0 bridgehead atoms. The summed E-state index contributed by atoms with van der Waals surface area (Å²) in [4.78, 5) is 14.2. The van der Waals surface area contributed by atoms with Crippen LogP contribution in [0.15, 0.2) is 10.6 Å². The largest absolute Gasteiger partial charge is 0.351 e. The third-order valence-corrected chi connectivity index (χ3v) is 4.23. The third kappa shape index (κ3) is 2.77. The molecule has 1 aromatic heterocycles. The van der Waals surface area contributed by atoms with Crippen molar-refractivity contribution in [3.05, 3.63) is 17.5 Å². The molecule has 0 saturated carbocycles. The van der Waals surface area contributed by atoms with Crippen LogP contribution in [0, 0.1) is 12.3 Å². The first kappa shape index (κ1) is 14.3. The number of piperidine rings is 1. The number of aromatic nitrogens is 1. The van der Waals surface area contributed by atoms with Gasteiger partial charge in [0.25, 0.3) is 5.91 Å². The van der Waals surface area contributed by atoms with Gasteiger partial charge in [-0.3, -0.25) is 4.79 Å². The average molecular weight is 286 g/mol. The fourth-order valence-electron chi connectivity index (χ4n) is 3.09. The van der Waals surface area contributed by atoms with Crippen LogP contribution in [0.3, 0.4) is 0 Å². The minimum absolute atomic E-state index is 0. The summed E-state index contributed by atoms with van der Waals surface area (Å²) in [5, 5.41) is 7.16. The molecule has 5 nitrogen and oxygen atoms in total. The molecule has 2 aliphatic heterocycles. The molecule has 19 heavy (non-hydrogen) atoms. The number of carbonyl (C=O) groups is 1. The van der Waals surface area contributed by atoms with Crippen LogP contribution >= 0.6 is 12.4 Å². The van der Waals surface area contributed by atoms with Gasteiger partial charge < -0.3 is 14.7 Å². The number of hydrogen-bond donors (Lipinski definition) is 1. The van der Waals surface area contributed by atoms with Crippen molar-refractivity contribution in [1.82, 2.24) is 15.4 Å². The topological polar surface area (TPSA) is 58.4 Å². The highest BCUT2D eigenvalue weighted by atomic mass is 35.5. The molecular formula is C13H20ClN3O2. The molecule has 2 saturated heterocycles. The van der Waals surface area contributed by atoms with Crippen LogP contribution in [0.25, 0.3) is 0 Å². The third-order valence-electron chi connectivity index (χ3n) is 4.23. The van der Waals surface area contributed by atoms with E-state index in [0.717, 1.165) is 38.3 Å². The second kappa shape index (κ2) is 5.51. The highest BCUT2D eigenvalue weighted by molar-refractivity contribution is 5.91. The number of nitrogens with one attached hydrogen (secondary N) is 1. The van der Waals surface area contributed by atoms with Gasteiger partial charge in [0.2, 0.25) is 5.76 Å². The zero-order valence-electron chi connectivity index (χ0n) is 11.1. The monoisotopic (exact) mass is 285 g/mol. The highest BCUT2D eigenvalue weighted by Gasteiger charge is 2.41. The Morgan fingerprint density at radius 2 is 2.16 bits per heavy atom. The van der Waals surface area contributed by atoms with Gasteiger partial charge in [-0.05, 0) is 44.7 Å². The minimum atomic E-state index is -0.00833. The van der Waals surface area contributed by atoms with Crippen molar-refractivity contribution in [1.29, 1.82) is 0 Å². The van der Waals surface area contributed by atoms with Gasteiger partial charge in [0.15, 0.2) is 0 Å². The summed E-state index contributed by atoms with van der Waals surface area (Å²) >= 11 is 0. The van der Waals surface area contributed by atoms with Gasteiger partial charge >= 0.3 is 0 Å². The van der Waals surface area contributed by atoms with Crippen molar-refractivity contribution < 1.29 is 9.32 Å². The highest BCUT2D eigenvalue weighted by Crippen LogP contribution is 2.38. The molecule has 1 amide bonds. The van der Waals surface area contributed by atoms with E-state index >= 15 is 0 Å². The van der Waals surface area contributed by atoms with Gasteiger partial charge in [-0.15, -0.1) is 12.4 Å². The van der Waals surface area contributed by atoms with Crippen molar-refractivity contribution in [2.45, 2.75) is 26.2 Å². The number of hydrogen-bond acceptors (Lipinski definition) is 4. The Kier molecular flexibility index (Phi) is 4.16. The van der Waals surface area contributed by atoms with Gasteiger partial charge in [-0.2, -0.15) is 0 Å². The Morgan fingerprint density at radius 3 is 2.79 bits per heavy atom. The van der Waals surface area contributed by atoms with Crippen LogP contribution in [-0.2, 0) is 0 Å². The molecule has 0 aromatic carbocycles. The fraction of sp³-hybridized carbons (Fsp3) is 0.692. The smallest absolute Gasteiger partial charge is 0.292 e. The molecule has 0 atom stereocenters. The average Bonchev–Trinajstić information content (AvgIpc) is 2.97. The Balaban J connectivity index is 0.00000133. The Morgan fingerprint density at radius 1 is 1.42 bits per heavy atom. The van der Waals surface area contributed by atoms with Crippen molar-refractivity contribution in [3.8, 4) is 0 Å². The van der Waals surface area contributed by atoms with Gasteiger partial charge in [-0.25, -0.2) is 0 Å². The Hall–Kier alpha value is -1.07. The lowest BCUT2D eigenvalue weighted by Gasteiger charge is -2.33. The number of nitrogens with zero attached hydrogens (tertiary/aromatic N) is 2. The van der Waals surface area contributed by atoms with E-state index < -0.39 is 0 Å². The van der Waals surface area contributed by atoms with Crippen molar-refractivity contribution in [2.24, 2.45) is 5.41 Å². The predicted octanol–water partition coefficient (Wildman–Crippen LogP) is 1.62. The second-order valence-corrected chi connectivity index (χ2v) is 5.56. The predicted molar refractivity (Wildman–Crippen MR) is 73.5 cm³/mol. The number of rotatable bonds is 1. The molecular weight excluding hydrogens is 266 g/mol. The van der Waals surface area contributed by atoms with E-state index in [2.05, 4.69) is 10.5 Å². The van der Waals surface area contributed by atoms with Crippen molar-refractivity contribution in [3.63, 3.8) is 0 Å². The molecule has 3 rings (SSSR count). The molecule has 0 unspecified atom stereocenters. The van der Waals surface area contributed by atoms with Crippen LogP contribution in [0.4, 0.5) is 0 Å². The van der Waals surface area contributed by atoms with E-state index in [1.54, 1.807) is 6.07 Å². The first-order chi connectivity index (χ1) is 8.69. The first-order valence-electron chi connectivity index (χ1n) is 6.62. The SMILES string of the molecule is Cc1cc(C(=O)N2CCC3(CCNCC3)C2)on1.Cl. The normalized spacial score (nSPS) is 21.4. The minimum Gasteiger partial charge on any atom is -0.351 e. The molecule has 106 valence electrons. The summed E-state index contributed by atoms with van der Waals surface area (Å²) < 4.78 is 5.06. The van der Waals surface area contributed by atoms with Crippen LogP contribution in [0.1, 0.15) is 35.5 Å². The molecule has 1 N–H and O–H groups in total. The number of amides is 1. The van der Waals surface area contributed by atoms with E-state index in [9.17, 15) is 4.79 Å². The number of aryl methyl sites for hydroxylation is 1. The lowest BCUT2D eigenvalue weighted by atomic mass is 9.78. The summed E-state index contributed by atoms with van der Waals surface area (Å²) in [6.45, 7) is 5.69. The maximum absolute atomic E-state index is 12.3.